The number of aliphatic imine (C=N–C) groups is 1. The van der Waals surface area contributed by atoms with Gasteiger partial charge in [-0.3, -0.25) is 4.68 Å². The zero-order valence-electron chi connectivity index (χ0n) is 11.0. The predicted molar refractivity (Wildman–Crippen MR) is 78.8 cm³/mol. The topological polar surface area (TPSA) is 57.2 Å². The van der Waals surface area contributed by atoms with Crippen LogP contribution in [-0.4, -0.2) is 32.2 Å². The third kappa shape index (κ3) is 4.37. The van der Waals surface area contributed by atoms with Gasteiger partial charge in [0.15, 0.2) is 10.9 Å². The lowest BCUT2D eigenvalue weighted by molar-refractivity contribution is 0.530. The molecule has 1 aromatic heterocycles. The van der Waals surface area contributed by atoms with E-state index in [9.17, 15) is 0 Å². The van der Waals surface area contributed by atoms with Gasteiger partial charge in [-0.15, -0.1) is 0 Å². The minimum absolute atomic E-state index is 0.440. The Kier molecular flexibility index (Phi) is 6.25. The van der Waals surface area contributed by atoms with Crippen LogP contribution < -0.4 is 0 Å². The third-order valence-electron chi connectivity index (χ3n) is 2.22. The number of hydrogen-bond acceptors (Lipinski definition) is 6. The van der Waals surface area contributed by atoms with Crippen molar-refractivity contribution >= 4 is 32.6 Å². The fourth-order valence-electron chi connectivity index (χ4n) is 1.28. The van der Waals surface area contributed by atoms with Crippen LogP contribution in [-0.2, 0) is 7.05 Å². The van der Waals surface area contributed by atoms with Crippen LogP contribution in [0.1, 0.15) is 19.5 Å². The second-order valence-electron chi connectivity index (χ2n) is 3.57. The van der Waals surface area contributed by atoms with Crippen LogP contribution in [0.3, 0.4) is 0 Å². The lowest BCUT2D eigenvalue weighted by Gasteiger charge is -2.14. The van der Waals surface area contributed by atoms with Crippen molar-refractivity contribution in [1.29, 1.82) is 5.26 Å². The van der Waals surface area contributed by atoms with Crippen molar-refractivity contribution in [2.75, 3.05) is 13.1 Å². The first-order chi connectivity index (χ1) is 8.60. The number of nitrogens with zero attached hydrogens (tertiary/aromatic N) is 5. The van der Waals surface area contributed by atoms with E-state index in [2.05, 4.69) is 34.3 Å². The van der Waals surface area contributed by atoms with E-state index in [1.54, 1.807) is 15.7 Å². The van der Waals surface area contributed by atoms with E-state index in [0.717, 1.165) is 18.8 Å². The summed E-state index contributed by atoms with van der Waals surface area (Å²) in [5.74, 6) is 0.705. The van der Waals surface area contributed by atoms with E-state index in [4.69, 9.17) is 5.26 Å². The predicted octanol–water partition coefficient (Wildman–Crippen LogP) is 2.92. The summed E-state index contributed by atoms with van der Waals surface area (Å²) in [6.07, 6.45) is 0. The Hall–Kier alpha value is -0.970. The minimum Gasteiger partial charge on any atom is -0.251 e. The zero-order valence-corrected chi connectivity index (χ0v) is 12.7. The van der Waals surface area contributed by atoms with E-state index < -0.39 is 0 Å². The highest BCUT2D eigenvalue weighted by molar-refractivity contribution is 8.81. The van der Waals surface area contributed by atoms with Crippen LogP contribution in [0.5, 0.6) is 0 Å². The molecule has 0 saturated carbocycles. The maximum atomic E-state index is 9.08. The van der Waals surface area contributed by atoms with Crippen molar-refractivity contribution < 1.29 is 0 Å². The van der Waals surface area contributed by atoms with Crippen LogP contribution in [0.15, 0.2) is 11.1 Å². The van der Waals surface area contributed by atoms with Crippen LogP contribution in [0.2, 0.25) is 0 Å². The molecule has 0 fully saturated rings. The standard InChI is InChI=1S/C11H17N5S2/c1-5-16(6-2)18-17-11(8-12)13-10-7-9(3)14-15(10)4/h7H,5-6H2,1-4H3. The number of rotatable bonds is 5. The lowest BCUT2D eigenvalue weighted by Crippen LogP contribution is -2.12. The van der Waals surface area contributed by atoms with Crippen molar-refractivity contribution in [2.45, 2.75) is 20.8 Å². The maximum Gasteiger partial charge on any atom is 0.187 e. The van der Waals surface area contributed by atoms with E-state index in [0.29, 0.717) is 10.9 Å². The van der Waals surface area contributed by atoms with Gasteiger partial charge in [0.1, 0.15) is 6.07 Å². The fraction of sp³-hybridized carbons (Fsp3) is 0.545. The lowest BCUT2D eigenvalue weighted by atomic mass is 10.5. The molecular weight excluding hydrogens is 266 g/mol. The molecule has 0 saturated heterocycles. The molecular formula is C11H17N5S2. The summed E-state index contributed by atoms with van der Waals surface area (Å²) in [4.78, 5) is 4.31. The Morgan fingerprint density at radius 1 is 1.56 bits per heavy atom. The van der Waals surface area contributed by atoms with Crippen molar-refractivity contribution in [3.05, 3.63) is 11.8 Å². The average Bonchev–Trinajstić information content (AvgIpc) is 2.67. The molecule has 0 bridgehead atoms. The largest absolute Gasteiger partial charge is 0.251 e. The van der Waals surface area contributed by atoms with E-state index in [1.807, 2.05) is 20.0 Å². The highest BCUT2D eigenvalue weighted by Crippen LogP contribution is 2.28. The molecule has 0 unspecified atom stereocenters. The highest BCUT2D eigenvalue weighted by atomic mass is 33.1. The number of aromatic nitrogens is 2. The van der Waals surface area contributed by atoms with Crippen molar-refractivity contribution in [3.8, 4) is 6.07 Å². The fourth-order valence-corrected chi connectivity index (χ4v) is 3.22. The van der Waals surface area contributed by atoms with Crippen LogP contribution in [0, 0.1) is 18.3 Å². The first kappa shape index (κ1) is 15.1. The van der Waals surface area contributed by atoms with E-state index in [-0.39, 0.29) is 0 Å². The van der Waals surface area contributed by atoms with E-state index >= 15 is 0 Å². The molecule has 0 aliphatic rings. The first-order valence-corrected chi connectivity index (χ1v) is 7.80. The first-order valence-electron chi connectivity index (χ1n) is 5.69. The molecule has 7 heteroatoms. The quantitative estimate of drug-likeness (QED) is 0.360. The number of nitriles is 1. The van der Waals surface area contributed by atoms with Crippen molar-refractivity contribution in [2.24, 2.45) is 12.0 Å². The molecule has 0 atom stereocenters. The molecule has 0 spiro atoms. The second kappa shape index (κ2) is 7.46. The van der Waals surface area contributed by atoms with Gasteiger partial charge in [-0.25, -0.2) is 9.30 Å². The Morgan fingerprint density at radius 2 is 2.22 bits per heavy atom. The zero-order chi connectivity index (χ0) is 13.5. The smallest absolute Gasteiger partial charge is 0.187 e. The Labute approximate surface area is 116 Å². The van der Waals surface area contributed by atoms with Gasteiger partial charge in [-0.1, -0.05) is 13.8 Å². The van der Waals surface area contributed by atoms with Crippen LogP contribution in [0.25, 0.3) is 0 Å². The minimum atomic E-state index is 0.440. The van der Waals surface area contributed by atoms with Gasteiger partial charge in [0.2, 0.25) is 0 Å². The molecule has 18 heavy (non-hydrogen) atoms. The van der Waals surface area contributed by atoms with Gasteiger partial charge >= 0.3 is 0 Å². The molecule has 0 aliphatic heterocycles. The van der Waals surface area contributed by atoms with Gasteiger partial charge in [-0.2, -0.15) is 10.4 Å². The molecule has 98 valence electrons. The average molecular weight is 283 g/mol. The Balaban J connectivity index is 2.72. The molecule has 0 radical (unpaired) electrons. The molecule has 0 N–H and O–H groups in total. The molecule has 1 rings (SSSR count). The van der Waals surface area contributed by atoms with Crippen molar-refractivity contribution in [1.82, 2.24) is 14.1 Å². The van der Waals surface area contributed by atoms with Gasteiger partial charge in [-0.05, 0) is 28.7 Å². The van der Waals surface area contributed by atoms with Gasteiger partial charge in [0.05, 0.1) is 5.69 Å². The second-order valence-corrected chi connectivity index (χ2v) is 5.73. The van der Waals surface area contributed by atoms with Crippen LogP contribution >= 0.6 is 21.8 Å². The molecule has 0 aromatic carbocycles. The Bertz CT molecular complexity index is 456. The SMILES string of the molecule is CCN(CC)SSC(C#N)=Nc1cc(C)nn1C. The highest BCUT2D eigenvalue weighted by Gasteiger charge is 2.07. The summed E-state index contributed by atoms with van der Waals surface area (Å²) in [5, 5.41) is 13.7. The number of hydrogen-bond donors (Lipinski definition) is 0. The summed E-state index contributed by atoms with van der Waals surface area (Å²) < 4.78 is 3.83. The maximum absolute atomic E-state index is 9.08. The monoisotopic (exact) mass is 283 g/mol. The third-order valence-corrected chi connectivity index (χ3v) is 4.69. The Morgan fingerprint density at radius 3 is 2.67 bits per heavy atom. The number of aryl methyl sites for hydroxylation is 2. The molecule has 1 aromatic rings. The molecule has 0 amide bonds. The normalized spacial score (nSPS) is 11.9. The molecule has 0 aliphatic carbocycles. The van der Waals surface area contributed by atoms with Gasteiger partial charge in [0, 0.05) is 26.2 Å². The van der Waals surface area contributed by atoms with Crippen LogP contribution in [0.4, 0.5) is 5.82 Å². The van der Waals surface area contributed by atoms with Gasteiger partial charge in [0.25, 0.3) is 0 Å². The summed E-state index contributed by atoms with van der Waals surface area (Å²) in [6.45, 7) is 7.97. The molecule has 5 nitrogen and oxygen atoms in total. The van der Waals surface area contributed by atoms with Crippen molar-refractivity contribution in [3.63, 3.8) is 0 Å². The summed E-state index contributed by atoms with van der Waals surface area (Å²) in [7, 11) is 4.76. The van der Waals surface area contributed by atoms with E-state index in [1.165, 1.54) is 10.8 Å². The summed E-state index contributed by atoms with van der Waals surface area (Å²) in [5.41, 5.74) is 0.898. The summed E-state index contributed by atoms with van der Waals surface area (Å²) in [6, 6.07) is 3.98. The molecule has 1 heterocycles. The van der Waals surface area contributed by atoms with Gasteiger partial charge < -0.3 is 0 Å². The summed E-state index contributed by atoms with van der Waals surface area (Å²) >= 11 is 0.